The lowest BCUT2D eigenvalue weighted by atomic mass is 9.75. The summed E-state index contributed by atoms with van der Waals surface area (Å²) in [6.07, 6.45) is 1.95. The highest BCUT2D eigenvalue weighted by Gasteiger charge is 2.54. The van der Waals surface area contributed by atoms with Gasteiger partial charge in [-0.2, -0.15) is 0 Å². The average molecular weight is 955 g/mol. The second-order valence-corrected chi connectivity index (χ2v) is 23.6. The van der Waals surface area contributed by atoms with Crippen LogP contribution in [0.2, 0.25) is 0 Å². The molecule has 3 heterocycles. The highest BCUT2D eigenvalue weighted by atomic mass is 28.3. The Bertz CT molecular complexity index is 3710. The monoisotopic (exact) mass is 954 g/mol. The molecule has 0 atom stereocenters. The van der Waals surface area contributed by atoms with Crippen molar-refractivity contribution in [1.82, 2.24) is 9.97 Å². The first-order valence-corrected chi connectivity index (χ1v) is 27.1. The molecule has 2 aliphatic rings. The van der Waals surface area contributed by atoms with Crippen LogP contribution in [0, 0.1) is 0 Å². The van der Waals surface area contributed by atoms with Crippen molar-refractivity contribution in [3.05, 3.63) is 254 Å². The summed E-state index contributed by atoms with van der Waals surface area (Å²) in [6, 6.07) is 86.9. The summed E-state index contributed by atoms with van der Waals surface area (Å²) in [4.78, 5) is 11.2. The predicted molar refractivity (Wildman–Crippen MR) is 303 cm³/mol. The number of rotatable bonds is 7. The van der Waals surface area contributed by atoms with Crippen LogP contribution >= 0.6 is 0 Å². The van der Waals surface area contributed by atoms with Crippen LogP contribution in [-0.4, -0.2) is 18.0 Å². The number of aromatic nitrogens is 2. The summed E-state index contributed by atoms with van der Waals surface area (Å²) in [5, 5.41) is 4.71. The minimum Gasteiger partial charge on any atom is -0.458 e. The average Bonchev–Trinajstić information content (AvgIpc) is 3.45. The van der Waals surface area contributed by atoms with E-state index in [-0.39, 0.29) is 5.41 Å². The van der Waals surface area contributed by atoms with Crippen LogP contribution in [0.3, 0.4) is 0 Å². The number of hydrogen-bond donors (Lipinski definition) is 0. The van der Waals surface area contributed by atoms with E-state index in [4.69, 9.17) is 19.4 Å². The largest absolute Gasteiger partial charge is 0.458 e. The molecule has 4 nitrogen and oxygen atoms in total. The first-order chi connectivity index (χ1) is 35.9. The Balaban J connectivity index is 1.19. The molecule has 0 amide bonds. The van der Waals surface area contributed by atoms with Gasteiger partial charge >= 0.3 is 0 Å². The summed E-state index contributed by atoms with van der Waals surface area (Å²) in [7, 11) is -3.12. The lowest BCUT2D eigenvalue weighted by Crippen LogP contribution is -2.77. The Morgan fingerprint density at radius 2 is 0.685 bits per heavy atom. The molecule has 348 valence electrons. The van der Waals surface area contributed by atoms with Crippen LogP contribution in [0.1, 0.15) is 26.3 Å². The Morgan fingerprint density at radius 3 is 1.08 bits per heavy atom. The van der Waals surface area contributed by atoms with E-state index < -0.39 is 8.07 Å². The van der Waals surface area contributed by atoms with E-state index in [2.05, 4.69) is 263 Å². The van der Waals surface area contributed by atoms with Crippen molar-refractivity contribution >= 4 is 28.8 Å². The predicted octanol–water partition coefficient (Wildman–Crippen LogP) is 15.0. The molecule has 0 aliphatic carbocycles. The third-order valence-corrected chi connectivity index (χ3v) is 19.5. The normalized spacial score (nSPS) is 12.9. The fourth-order valence-electron chi connectivity index (χ4n) is 11.6. The molecule has 2 aliphatic heterocycles. The van der Waals surface area contributed by atoms with E-state index in [1.807, 2.05) is 6.20 Å². The lowest BCUT2D eigenvalue weighted by molar-refractivity contribution is 0.480. The fourth-order valence-corrected chi connectivity index (χ4v) is 16.8. The van der Waals surface area contributed by atoms with Crippen molar-refractivity contribution in [2.24, 2.45) is 0 Å². The summed E-state index contributed by atoms with van der Waals surface area (Å²) in [5.41, 5.74) is 14.6. The van der Waals surface area contributed by atoms with Crippen LogP contribution in [0.25, 0.3) is 78.3 Å². The molecule has 1 aromatic heterocycles. The van der Waals surface area contributed by atoms with Gasteiger partial charge in [-0.15, -0.1) is 0 Å². The number of para-hydroxylation sites is 3. The molecule has 0 fully saturated rings. The molecular weight excluding hydrogens is 905 g/mol. The Kier molecular flexibility index (Phi) is 10.7. The van der Waals surface area contributed by atoms with Gasteiger partial charge in [-0.3, -0.25) is 0 Å². The first-order valence-electron chi connectivity index (χ1n) is 25.1. The van der Waals surface area contributed by atoms with E-state index in [1.165, 1.54) is 15.6 Å². The van der Waals surface area contributed by atoms with Crippen LogP contribution in [-0.2, 0) is 5.41 Å². The second-order valence-electron chi connectivity index (χ2n) is 19.9. The molecular formula is C68H50N2O2Si. The van der Waals surface area contributed by atoms with Crippen molar-refractivity contribution in [3.8, 4) is 101 Å². The van der Waals surface area contributed by atoms with Gasteiger partial charge in [0, 0.05) is 22.9 Å². The van der Waals surface area contributed by atoms with Crippen molar-refractivity contribution in [1.29, 1.82) is 0 Å². The van der Waals surface area contributed by atoms with Gasteiger partial charge in [0.15, 0.2) is 13.9 Å². The third-order valence-electron chi connectivity index (χ3n) is 14.6. The highest BCUT2D eigenvalue weighted by molar-refractivity contribution is 7.21. The van der Waals surface area contributed by atoms with Gasteiger partial charge in [0.2, 0.25) is 0 Å². The van der Waals surface area contributed by atoms with E-state index in [0.717, 1.165) is 106 Å². The van der Waals surface area contributed by atoms with Crippen LogP contribution in [0.4, 0.5) is 0 Å². The van der Waals surface area contributed by atoms with Crippen LogP contribution in [0.15, 0.2) is 249 Å². The Hall–Kier alpha value is -8.90. The molecule has 0 saturated heterocycles. The molecule has 0 bridgehead atoms. The fraction of sp³-hybridized carbons (Fsp3) is 0.0588. The maximum Gasteiger partial charge on any atom is 0.196 e. The molecule has 11 aromatic rings. The molecule has 13 rings (SSSR count). The molecule has 10 aromatic carbocycles. The number of fused-ring (bicyclic) bond motifs is 8. The van der Waals surface area contributed by atoms with Crippen molar-refractivity contribution in [2.75, 3.05) is 0 Å². The number of ether oxygens (including phenoxy) is 2. The Morgan fingerprint density at radius 1 is 0.329 bits per heavy atom. The highest BCUT2D eigenvalue weighted by Crippen LogP contribution is 2.56. The molecule has 1 spiro atoms. The lowest BCUT2D eigenvalue weighted by Gasteiger charge is -2.44. The van der Waals surface area contributed by atoms with E-state index in [1.54, 1.807) is 0 Å². The van der Waals surface area contributed by atoms with Crippen molar-refractivity contribution < 1.29 is 9.47 Å². The molecule has 0 N–H and O–H groups in total. The minimum atomic E-state index is -3.12. The van der Waals surface area contributed by atoms with Gasteiger partial charge in [-0.1, -0.05) is 239 Å². The molecule has 5 heteroatoms. The first kappa shape index (κ1) is 44.1. The third kappa shape index (κ3) is 7.18. The number of nitrogens with zero attached hydrogens (tertiary/aromatic N) is 2. The topological polar surface area (TPSA) is 44.2 Å². The number of benzene rings is 10. The maximum absolute atomic E-state index is 7.42. The zero-order valence-electron chi connectivity index (χ0n) is 40.9. The summed E-state index contributed by atoms with van der Waals surface area (Å²) < 4.78 is 14.2. The standard InChI is InChI=1S/C68H50N2O2Si/c1-68(2,3)50-41-42-58-66(72-54-37-21-24-40-57(54)73(58)55-38-22-19-35-52(55)71-53-36-20-23-39-56(53)73)64(50)67-69-44-43-51(70-67)65-62(48-31-15-7-16-32-48)60(46-27-11-5-12-28-46)59(45-25-9-4-10-26-45)61(47-29-13-6-14-30-47)63(65)49-33-17-8-18-34-49/h4-44H,1-3H3. The van der Waals surface area contributed by atoms with E-state index in [0.29, 0.717) is 5.82 Å². The van der Waals surface area contributed by atoms with Gasteiger partial charge in [0.1, 0.15) is 23.0 Å². The van der Waals surface area contributed by atoms with Gasteiger partial charge in [0.25, 0.3) is 0 Å². The SMILES string of the molecule is CC(C)(C)c1ccc2c(c1-c1nccc(-c3c(-c4ccccc4)c(-c4ccccc4)c(-c4ccccc4)c(-c4ccccc4)c3-c3ccccc3)n1)Oc1ccccc1[Si]21c2ccccc2Oc2ccccc21. The van der Waals surface area contributed by atoms with Crippen molar-refractivity contribution in [2.45, 2.75) is 26.2 Å². The molecule has 0 unspecified atom stereocenters. The second kappa shape index (κ2) is 17.7. The summed E-state index contributed by atoms with van der Waals surface area (Å²) in [6.45, 7) is 6.81. The molecule has 0 radical (unpaired) electrons. The summed E-state index contributed by atoms with van der Waals surface area (Å²) >= 11 is 0. The maximum atomic E-state index is 7.42. The number of hydrogen-bond acceptors (Lipinski definition) is 4. The van der Waals surface area contributed by atoms with Crippen molar-refractivity contribution in [3.63, 3.8) is 0 Å². The summed E-state index contributed by atoms with van der Waals surface area (Å²) in [5.74, 6) is 3.98. The van der Waals surface area contributed by atoms with E-state index in [9.17, 15) is 0 Å². The van der Waals surface area contributed by atoms with Gasteiger partial charge in [0.05, 0.1) is 11.3 Å². The minimum absolute atomic E-state index is 0.326. The van der Waals surface area contributed by atoms with Gasteiger partial charge < -0.3 is 9.47 Å². The van der Waals surface area contributed by atoms with Gasteiger partial charge in [-0.25, -0.2) is 9.97 Å². The zero-order chi connectivity index (χ0) is 49.1. The molecule has 73 heavy (non-hydrogen) atoms. The van der Waals surface area contributed by atoms with Crippen LogP contribution in [0.5, 0.6) is 23.0 Å². The Labute approximate surface area is 427 Å². The molecule has 0 saturated carbocycles. The quantitative estimate of drug-likeness (QED) is 0.149. The van der Waals surface area contributed by atoms with Gasteiger partial charge in [-0.05, 0) is 100 Å². The zero-order valence-corrected chi connectivity index (χ0v) is 41.9. The smallest absolute Gasteiger partial charge is 0.196 e. The van der Waals surface area contributed by atoms with E-state index >= 15 is 0 Å². The van der Waals surface area contributed by atoms with Crippen LogP contribution < -0.4 is 30.2 Å².